The molecular formula is C12H25BrCl2Si. The third-order valence-electron chi connectivity index (χ3n) is 2.81. The first kappa shape index (κ1) is 17.3. The van der Waals surface area contributed by atoms with Gasteiger partial charge < -0.3 is 0 Å². The van der Waals surface area contributed by atoms with Gasteiger partial charge in [-0.05, 0) is 12.5 Å². The second-order valence-electron chi connectivity index (χ2n) is 4.40. The molecule has 0 nitrogen and oxygen atoms in total. The number of rotatable bonds is 12. The van der Waals surface area contributed by atoms with Gasteiger partial charge in [0.2, 0.25) is 7.42 Å². The fourth-order valence-electron chi connectivity index (χ4n) is 1.81. The zero-order valence-electron chi connectivity index (χ0n) is 10.2. The van der Waals surface area contributed by atoms with Gasteiger partial charge in [0.15, 0.2) is 0 Å². The van der Waals surface area contributed by atoms with E-state index in [1.165, 1.54) is 69.5 Å². The zero-order chi connectivity index (χ0) is 12.1. The molecule has 0 N–H and O–H groups in total. The van der Waals surface area contributed by atoms with Crippen molar-refractivity contribution < 1.29 is 0 Å². The molecule has 0 amide bonds. The summed E-state index contributed by atoms with van der Waals surface area (Å²) >= 11 is 15.1. The summed E-state index contributed by atoms with van der Waals surface area (Å²) in [6.07, 6.45) is 13.7. The van der Waals surface area contributed by atoms with E-state index in [2.05, 4.69) is 15.9 Å². The lowest BCUT2D eigenvalue weighted by molar-refractivity contribution is 0.563. The van der Waals surface area contributed by atoms with Gasteiger partial charge in [-0.3, -0.25) is 0 Å². The molecule has 0 saturated carbocycles. The molecule has 0 bridgehead atoms. The quantitative estimate of drug-likeness (QED) is 0.176. The van der Waals surface area contributed by atoms with E-state index < -0.39 is 7.42 Å². The van der Waals surface area contributed by atoms with Gasteiger partial charge in [-0.2, -0.15) is 22.2 Å². The first-order valence-electron chi connectivity index (χ1n) is 6.61. The molecule has 0 aliphatic heterocycles. The van der Waals surface area contributed by atoms with Gasteiger partial charge in [0, 0.05) is 5.33 Å². The van der Waals surface area contributed by atoms with Gasteiger partial charge in [-0.25, -0.2) is 0 Å². The highest BCUT2D eigenvalue weighted by Crippen LogP contribution is 2.14. The maximum atomic E-state index is 5.80. The molecule has 0 saturated heterocycles. The Labute approximate surface area is 121 Å². The molecule has 0 unspecified atom stereocenters. The van der Waals surface area contributed by atoms with Crippen molar-refractivity contribution in [3.8, 4) is 0 Å². The number of unbranched alkanes of at least 4 members (excludes halogenated alkanes) is 9. The van der Waals surface area contributed by atoms with Crippen LogP contribution in [-0.4, -0.2) is 12.7 Å². The largest absolute Gasteiger partial charge is 0.237 e. The molecular weight excluding hydrogens is 323 g/mol. The molecule has 0 aromatic carbocycles. The van der Waals surface area contributed by atoms with Crippen LogP contribution in [0.4, 0.5) is 0 Å². The van der Waals surface area contributed by atoms with Crippen LogP contribution in [0.2, 0.25) is 6.04 Å². The lowest BCUT2D eigenvalue weighted by Crippen LogP contribution is -1.91. The summed E-state index contributed by atoms with van der Waals surface area (Å²) in [6, 6.07) is 1.09. The molecule has 0 heterocycles. The highest BCUT2D eigenvalue weighted by Gasteiger charge is 2.00. The maximum Gasteiger partial charge on any atom is 0.237 e. The second-order valence-corrected chi connectivity index (χ2v) is 10.4. The van der Waals surface area contributed by atoms with Crippen molar-refractivity contribution in [1.82, 2.24) is 0 Å². The van der Waals surface area contributed by atoms with E-state index in [1.54, 1.807) is 0 Å². The Morgan fingerprint density at radius 2 is 1.00 bits per heavy atom. The summed E-state index contributed by atoms with van der Waals surface area (Å²) in [6.45, 7) is 0. The van der Waals surface area contributed by atoms with Crippen molar-refractivity contribution in [2.75, 3.05) is 5.33 Å². The Morgan fingerprint density at radius 1 is 0.625 bits per heavy atom. The van der Waals surface area contributed by atoms with Crippen molar-refractivity contribution in [3.05, 3.63) is 0 Å². The van der Waals surface area contributed by atoms with Crippen LogP contribution in [0, 0.1) is 0 Å². The second kappa shape index (κ2) is 14.3. The van der Waals surface area contributed by atoms with Crippen LogP contribution in [0.1, 0.15) is 64.2 Å². The normalized spacial score (nSPS) is 11.2. The highest BCUT2D eigenvalue weighted by atomic mass is 79.9. The highest BCUT2D eigenvalue weighted by molar-refractivity contribution is 9.09. The summed E-state index contributed by atoms with van der Waals surface area (Å²) in [5.41, 5.74) is 0. The molecule has 0 atom stereocenters. The van der Waals surface area contributed by atoms with Crippen LogP contribution in [-0.2, 0) is 0 Å². The van der Waals surface area contributed by atoms with Gasteiger partial charge in [-0.15, -0.1) is 0 Å². The topological polar surface area (TPSA) is 0 Å². The molecule has 0 spiro atoms. The van der Waals surface area contributed by atoms with Gasteiger partial charge in [0.25, 0.3) is 0 Å². The summed E-state index contributed by atoms with van der Waals surface area (Å²) in [5.74, 6) is 0. The molecule has 0 radical (unpaired) electrons. The van der Waals surface area contributed by atoms with E-state index in [0.29, 0.717) is 0 Å². The summed E-state index contributed by atoms with van der Waals surface area (Å²) in [7, 11) is -1.31. The molecule has 16 heavy (non-hydrogen) atoms. The number of hydrogen-bond donors (Lipinski definition) is 0. The van der Waals surface area contributed by atoms with E-state index in [-0.39, 0.29) is 0 Å². The smallest absolute Gasteiger partial charge is 0.150 e. The van der Waals surface area contributed by atoms with E-state index in [4.69, 9.17) is 22.2 Å². The Kier molecular flexibility index (Phi) is 15.5. The predicted molar refractivity (Wildman–Crippen MR) is 83.6 cm³/mol. The predicted octanol–water partition coefficient (Wildman–Crippen LogP) is 5.98. The monoisotopic (exact) mass is 346 g/mol. The van der Waals surface area contributed by atoms with Crippen LogP contribution >= 0.6 is 38.1 Å². The molecule has 0 fully saturated rings. The lowest BCUT2D eigenvalue weighted by Gasteiger charge is -2.02. The average Bonchev–Trinajstić information content (AvgIpc) is 2.25. The standard InChI is InChI=1S/C12H25BrCl2Si/c13-11-9-7-5-3-1-2-4-6-8-10-12-16(14)15/h16H,1-12H2. The third kappa shape index (κ3) is 15.3. The minimum Gasteiger partial charge on any atom is -0.150 e. The molecule has 0 aliphatic carbocycles. The summed E-state index contributed by atoms with van der Waals surface area (Å²) in [5, 5.41) is 1.17. The van der Waals surface area contributed by atoms with Crippen LogP contribution < -0.4 is 0 Å². The van der Waals surface area contributed by atoms with E-state index in [0.717, 1.165) is 6.04 Å². The van der Waals surface area contributed by atoms with Crippen LogP contribution in [0.15, 0.2) is 0 Å². The van der Waals surface area contributed by atoms with E-state index in [9.17, 15) is 0 Å². The van der Waals surface area contributed by atoms with Gasteiger partial charge in [-0.1, -0.05) is 73.7 Å². The SMILES string of the molecule is Cl[SiH](Cl)CCCCCCCCCCCCBr. The van der Waals surface area contributed by atoms with Gasteiger partial charge in [0.05, 0.1) is 0 Å². The van der Waals surface area contributed by atoms with Crippen LogP contribution in [0.3, 0.4) is 0 Å². The number of halogens is 3. The zero-order valence-corrected chi connectivity index (χ0v) is 14.4. The molecule has 98 valence electrons. The lowest BCUT2D eigenvalue weighted by atomic mass is 10.1. The minimum absolute atomic E-state index is 1.09. The van der Waals surface area contributed by atoms with Gasteiger partial charge >= 0.3 is 0 Å². The molecule has 0 aromatic rings. The van der Waals surface area contributed by atoms with Crippen molar-refractivity contribution in [3.63, 3.8) is 0 Å². The molecule has 0 aliphatic rings. The Hall–Kier alpha value is 1.28. The van der Waals surface area contributed by atoms with Crippen LogP contribution in [0.5, 0.6) is 0 Å². The number of hydrogen-bond acceptors (Lipinski definition) is 0. The van der Waals surface area contributed by atoms with E-state index in [1.807, 2.05) is 0 Å². The third-order valence-corrected chi connectivity index (χ3v) is 5.52. The maximum absolute atomic E-state index is 5.80. The van der Waals surface area contributed by atoms with Crippen molar-refractivity contribution in [1.29, 1.82) is 0 Å². The molecule has 0 aromatic heterocycles. The molecule has 0 rings (SSSR count). The first-order valence-corrected chi connectivity index (χ1v) is 12.0. The van der Waals surface area contributed by atoms with Crippen molar-refractivity contribution >= 4 is 45.5 Å². The minimum atomic E-state index is -1.31. The molecule has 4 heteroatoms. The van der Waals surface area contributed by atoms with Crippen LogP contribution in [0.25, 0.3) is 0 Å². The van der Waals surface area contributed by atoms with E-state index >= 15 is 0 Å². The fourth-order valence-corrected chi connectivity index (χ4v) is 3.73. The first-order chi connectivity index (χ1) is 7.77. The fraction of sp³-hybridized carbons (Fsp3) is 1.00. The average molecular weight is 348 g/mol. The Bertz CT molecular complexity index is 134. The van der Waals surface area contributed by atoms with Crippen molar-refractivity contribution in [2.24, 2.45) is 0 Å². The summed E-state index contributed by atoms with van der Waals surface area (Å²) in [4.78, 5) is 0. The van der Waals surface area contributed by atoms with Crippen molar-refractivity contribution in [2.45, 2.75) is 70.3 Å². The summed E-state index contributed by atoms with van der Waals surface area (Å²) < 4.78 is 0. The Morgan fingerprint density at radius 3 is 1.38 bits per heavy atom. The number of alkyl halides is 1. The Balaban J connectivity index is 2.88. The van der Waals surface area contributed by atoms with Gasteiger partial charge in [0.1, 0.15) is 0 Å².